The molecule has 3 aromatic heterocycles. The molecule has 8 nitrogen and oxygen atoms in total. The van der Waals surface area contributed by atoms with Gasteiger partial charge in [0.2, 0.25) is 0 Å². The molecule has 1 aliphatic rings. The molecule has 5 aromatic rings. The number of aromatic amines is 1. The second-order valence-electron chi connectivity index (χ2n) is 9.39. The standard InChI is InChI=1S/C27H24FN7O/c1-27(28)15-35(16-27)26(36)23-11-18-3-4-19(12-22(18)34(23)2)25-29-10-9-24(33-25)32-21-7-5-17(6-8-21)20-13-30-31-14-20/h3-14H,15-16H2,1-2H3,(H,30,31)(H,29,32,33). The van der Waals surface area contributed by atoms with Crippen LogP contribution in [0.2, 0.25) is 0 Å². The molecule has 0 aliphatic carbocycles. The number of benzene rings is 2. The molecule has 0 saturated carbocycles. The molecule has 9 heteroatoms. The van der Waals surface area contributed by atoms with Crippen molar-refractivity contribution in [2.75, 3.05) is 18.4 Å². The van der Waals surface area contributed by atoms with Gasteiger partial charge in [-0.15, -0.1) is 0 Å². The van der Waals surface area contributed by atoms with Gasteiger partial charge in [-0.25, -0.2) is 14.4 Å². The molecule has 0 atom stereocenters. The second-order valence-corrected chi connectivity index (χ2v) is 9.39. The van der Waals surface area contributed by atoms with Crippen molar-refractivity contribution in [1.29, 1.82) is 0 Å². The quantitative estimate of drug-likeness (QED) is 0.371. The van der Waals surface area contributed by atoms with Crippen molar-refractivity contribution in [2.24, 2.45) is 7.05 Å². The molecule has 0 bridgehead atoms. The SMILES string of the molecule is Cn1c(C(=O)N2CC(C)(F)C2)cc2ccc(-c3nccc(Nc4ccc(-c5cn[nH]c5)cc4)n3)cc21. The van der Waals surface area contributed by atoms with Gasteiger partial charge in [0.25, 0.3) is 5.91 Å². The molecule has 1 amide bonds. The summed E-state index contributed by atoms with van der Waals surface area (Å²) >= 11 is 0. The highest BCUT2D eigenvalue weighted by Gasteiger charge is 2.42. The molecule has 2 aromatic carbocycles. The van der Waals surface area contributed by atoms with E-state index in [0.717, 1.165) is 33.3 Å². The van der Waals surface area contributed by atoms with E-state index in [4.69, 9.17) is 4.98 Å². The molecule has 1 fully saturated rings. The summed E-state index contributed by atoms with van der Waals surface area (Å²) in [6.45, 7) is 1.76. The van der Waals surface area contributed by atoms with Crippen LogP contribution in [0, 0.1) is 0 Å². The lowest BCUT2D eigenvalue weighted by Gasteiger charge is -2.42. The number of hydrogen-bond acceptors (Lipinski definition) is 5. The third kappa shape index (κ3) is 3.98. The van der Waals surface area contributed by atoms with Gasteiger partial charge in [0.15, 0.2) is 5.82 Å². The topological polar surface area (TPSA) is 91.7 Å². The van der Waals surface area contributed by atoms with Gasteiger partial charge >= 0.3 is 0 Å². The number of anilines is 2. The third-order valence-electron chi connectivity index (χ3n) is 6.50. The van der Waals surface area contributed by atoms with E-state index < -0.39 is 5.67 Å². The summed E-state index contributed by atoms with van der Waals surface area (Å²) < 4.78 is 15.7. The van der Waals surface area contributed by atoms with Gasteiger partial charge in [-0.3, -0.25) is 9.89 Å². The molecule has 6 rings (SSSR count). The van der Waals surface area contributed by atoms with Crippen LogP contribution in [0.15, 0.2) is 73.2 Å². The monoisotopic (exact) mass is 481 g/mol. The van der Waals surface area contributed by atoms with Gasteiger partial charge in [0.1, 0.15) is 17.2 Å². The van der Waals surface area contributed by atoms with Crippen molar-refractivity contribution in [1.82, 2.24) is 29.6 Å². The van der Waals surface area contributed by atoms with Gasteiger partial charge in [-0.2, -0.15) is 5.10 Å². The smallest absolute Gasteiger partial charge is 0.270 e. The molecule has 1 aliphatic heterocycles. The highest BCUT2D eigenvalue weighted by atomic mass is 19.1. The van der Waals surface area contributed by atoms with E-state index >= 15 is 0 Å². The molecule has 36 heavy (non-hydrogen) atoms. The van der Waals surface area contributed by atoms with Crippen LogP contribution in [-0.2, 0) is 7.05 Å². The number of halogens is 1. The first-order valence-corrected chi connectivity index (χ1v) is 11.6. The number of carbonyl (C=O) groups excluding carboxylic acids is 1. The minimum absolute atomic E-state index is 0.123. The first-order valence-electron chi connectivity index (χ1n) is 11.6. The average Bonchev–Trinajstić information content (AvgIpc) is 3.51. The van der Waals surface area contributed by atoms with Gasteiger partial charge in [-0.1, -0.05) is 24.3 Å². The Hall–Kier alpha value is -4.53. The Balaban J connectivity index is 1.24. The number of nitrogens with one attached hydrogen (secondary N) is 2. The largest absolute Gasteiger partial charge is 0.340 e. The summed E-state index contributed by atoms with van der Waals surface area (Å²) in [6, 6.07) is 17.5. The molecule has 4 heterocycles. The number of rotatable bonds is 5. The van der Waals surface area contributed by atoms with Crippen molar-refractivity contribution in [3.05, 3.63) is 78.9 Å². The third-order valence-corrected chi connectivity index (χ3v) is 6.50. The van der Waals surface area contributed by atoms with Crippen LogP contribution in [0.25, 0.3) is 33.4 Å². The van der Waals surface area contributed by atoms with Crippen LogP contribution in [0.1, 0.15) is 17.4 Å². The first-order chi connectivity index (χ1) is 17.4. The lowest BCUT2D eigenvalue weighted by Crippen LogP contribution is -2.59. The first kappa shape index (κ1) is 22.0. The number of amides is 1. The maximum atomic E-state index is 13.9. The highest BCUT2D eigenvalue weighted by molar-refractivity contribution is 6.00. The Morgan fingerprint density at radius 3 is 2.56 bits per heavy atom. The summed E-state index contributed by atoms with van der Waals surface area (Å²) in [6.07, 6.45) is 5.35. The van der Waals surface area contributed by atoms with Crippen molar-refractivity contribution in [2.45, 2.75) is 12.6 Å². The molecule has 180 valence electrons. The Morgan fingerprint density at radius 1 is 1.06 bits per heavy atom. The zero-order valence-electron chi connectivity index (χ0n) is 19.9. The van der Waals surface area contributed by atoms with Crippen LogP contribution in [0.4, 0.5) is 15.9 Å². The predicted octanol–water partition coefficient (Wildman–Crippen LogP) is 4.95. The number of aryl methyl sites for hydroxylation is 1. The van der Waals surface area contributed by atoms with Crippen molar-refractivity contribution in [3.8, 4) is 22.5 Å². The van der Waals surface area contributed by atoms with Crippen LogP contribution in [-0.4, -0.2) is 54.3 Å². The Bertz CT molecular complexity index is 1560. The number of hydrogen-bond donors (Lipinski definition) is 2. The molecule has 1 saturated heterocycles. The minimum Gasteiger partial charge on any atom is -0.340 e. The van der Waals surface area contributed by atoms with Gasteiger partial charge in [0.05, 0.1) is 19.3 Å². The molecular weight excluding hydrogens is 457 g/mol. The number of likely N-dealkylation sites (tertiary alicyclic amines) is 1. The van der Waals surface area contributed by atoms with Gasteiger partial charge in [-0.05, 0) is 42.8 Å². The number of carbonyl (C=O) groups is 1. The fraction of sp³-hybridized carbons (Fsp3) is 0.185. The molecule has 0 unspecified atom stereocenters. The van der Waals surface area contributed by atoms with Crippen LogP contribution >= 0.6 is 0 Å². The number of H-pyrrole nitrogens is 1. The fourth-order valence-corrected chi connectivity index (χ4v) is 4.60. The van der Waals surface area contributed by atoms with Gasteiger partial charge < -0.3 is 14.8 Å². The van der Waals surface area contributed by atoms with E-state index in [1.54, 1.807) is 12.4 Å². The van der Waals surface area contributed by atoms with E-state index in [-0.39, 0.29) is 19.0 Å². The van der Waals surface area contributed by atoms with Gasteiger partial charge in [0, 0.05) is 47.2 Å². The molecule has 2 N–H and O–H groups in total. The minimum atomic E-state index is -1.30. The zero-order chi connectivity index (χ0) is 24.9. The van der Waals surface area contributed by atoms with E-state index in [0.29, 0.717) is 17.3 Å². The van der Waals surface area contributed by atoms with Crippen molar-refractivity contribution >= 4 is 28.3 Å². The molecule has 0 spiro atoms. The normalized spacial score (nSPS) is 14.6. The van der Waals surface area contributed by atoms with Crippen LogP contribution < -0.4 is 5.32 Å². The van der Waals surface area contributed by atoms with E-state index in [2.05, 4.69) is 20.5 Å². The van der Waals surface area contributed by atoms with E-state index in [9.17, 15) is 9.18 Å². The number of nitrogens with zero attached hydrogens (tertiary/aromatic N) is 5. The average molecular weight is 482 g/mol. The van der Waals surface area contributed by atoms with Crippen LogP contribution in [0.5, 0.6) is 0 Å². The maximum absolute atomic E-state index is 13.9. The summed E-state index contributed by atoms with van der Waals surface area (Å²) in [5.74, 6) is 1.08. The summed E-state index contributed by atoms with van der Waals surface area (Å²) in [7, 11) is 1.85. The Labute approximate surface area is 206 Å². The lowest BCUT2D eigenvalue weighted by atomic mass is 9.99. The summed E-state index contributed by atoms with van der Waals surface area (Å²) in [4.78, 5) is 23.6. The maximum Gasteiger partial charge on any atom is 0.270 e. The predicted molar refractivity (Wildman–Crippen MR) is 137 cm³/mol. The number of aromatic nitrogens is 5. The van der Waals surface area contributed by atoms with Crippen molar-refractivity contribution in [3.63, 3.8) is 0 Å². The summed E-state index contributed by atoms with van der Waals surface area (Å²) in [5, 5.41) is 11.1. The molecule has 0 radical (unpaired) electrons. The summed E-state index contributed by atoms with van der Waals surface area (Å²) in [5.41, 5.74) is 3.96. The Kier molecular flexibility index (Phi) is 5.06. The molecular formula is C27H24FN7O. The van der Waals surface area contributed by atoms with E-state index in [1.807, 2.05) is 72.4 Å². The Morgan fingerprint density at radius 2 is 1.83 bits per heavy atom. The highest BCUT2D eigenvalue weighted by Crippen LogP contribution is 2.30. The second kappa shape index (κ2) is 8.30. The zero-order valence-corrected chi connectivity index (χ0v) is 19.9. The van der Waals surface area contributed by atoms with E-state index in [1.165, 1.54) is 11.8 Å². The number of alkyl halides is 1. The number of fused-ring (bicyclic) bond motifs is 1. The van der Waals surface area contributed by atoms with Crippen molar-refractivity contribution < 1.29 is 9.18 Å². The van der Waals surface area contributed by atoms with Crippen LogP contribution in [0.3, 0.4) is 0 Å². The fourth-order valence-electron chi connectivity index (χ4n) is 4.60. The lowest BCUT2D eigenvalue weighted by molar-refractivity contribution is -0.00842.